The fraction of sp³-hybridized carbons (Fsp3) is 0.500. The highest BCUT2D eigenvalue weighted by Gasteiger charge is 2.38. The molecule has 1 aliphatic rings. The molecule has 7 nitrogen and oxygen atoms in total. The van der Waals surface area contributed by atoms with Crippen LogP contribution < -0.4 is 5.32 Å². The summed E-state index contributed by atoms with van der Waals surface area (Å²) in [4.78, 5) is 37.3. The Balaban J connectivity index is 2.06. The lowest BCUT2D eigenvalue weighted by atomic mass is 9.71. The zero-order valence-corrected chi connectivity index (χ0v) is 15.3. The fourth-order valence-electron chi connectivity index (χ4n) is 3.12. The molecule has 1 aliphatic carbocycles. The molecular formula is C18H24N4O3. The Labute approximate surface area is 147 Å². The van der Waals surface area contributed by atoms with Crippen LogP contribution >= 0.6 is 0 Å². The molecule has 0 saturated heterocycles. The van der Waals surface area contributed by atoms with E-state index in [1.165, 1.54) is 0 Å². The molecule has 0 aliphatic heterocycles. The van der Waals surface area contributed by atoms with Crippen LogP contribution in [-0.4, -0.2) is 39.0 Å². The first-order valence-corrected chi connectivity index (χ1v) is 8.24. The van der Waals surface area contributed by atoms with Crippen LogP contribution in [0, 0.1) is 5.41 Å². The van der Waals surface area contributed by atoms with Gasteiger partial charge in [-0.25, -0.2) is 0 Å². The smallest absolute Gasteiger partial charge is 0.220 e. The summed E-state index contributed by atoms with van der Waals surface area (Å²) >= 11 is 0. The van der Waals surface area contributed by atoms with Gasteiger partial charge in [-0.05, 0) is 20.8 Å². The predicted octanol–water partition coefficient (Wildman–Crippen LogP) is 1.62. The van der Waals surface area contributed by atoms with Gasteiger partial charge < -0.3 is 5.32 Å². The van der Waals surface area contributed by atoms with Gasteiger partial charge in [0.2, 0.25) is 5.91 Å². The maximum atomic E-state index is 12.7. The van der Waals surface area contributed by atoms with Crippen molar-refractivity contribution in [3.63, 3.8) is 0 Å². The Kier molecular flexibility index (Phi) is 5.35. The zero-order chi connectivity index (χ0) is 18.8. The summed E-state index contributed by atoms with van der Waals surface area (Å²) in [6.07, 6.45) is 3.42. The number of ketones is 2. The van der Waals surface area contributed by atoms with Gasteiger partial charge in [-0.2, -0.15) is 0 Å². The van der Waals surface area contributed by atoms with Crippen molar-refractivity contribution in [1.29, 1.82) is 0 Å². The number of hydrogen-bond donors (Lipinski definition) is 1. The first-order chi connectivity index (χ1) is 11.6. The topological polar surface area (TPSA) is 93.9 Å². The highest BCUT2D eigenvalue weighted by Crippen LogP contribution is 2.38. The highest BCUT2D eigenvalue weighted by atomic mass is 16.2. The minimum absolute atomic E-state index is 0.119. The van der Waals surface area contributed by atoms with Gasteiger partial charge in [0.1, 0.15) is 0 Å². The molecule has 0 radical (unpaired) electrons. The van der Waals surface area contributed by atoms with Crippen LogP contribution in [0.4, 0.5) is 0 Å². The number of carbonyl (C=O) groups is 3. The molecule has 0 atom stereocenters. The molecule has 1 heterocycles. The van der Waals surface area contributed by atoms with E-state index >= 15 is 0 Å². The van der Waals surface area contributed by atoms with Gasteiger partial charge in [0.05, 0.1) is 12.7 Å². The summed E-state index contributed by atoms with van der Waals surface area (Å²) in [6.45, 7) is 9.57. The monoisotopic (exact) mass is 344 g/mol. The first-order valence-electron chi connectivity index (χ1n) is 8.24. The summed E-state index contributed by atoms with van der Waals surface area (Å²) in [5.41, 5.74) is 1.10. The molecule has 1 N–H and O–H groups in total. The van der Waals surface area contributed by atoms with Crippen LogP contribution in [0.3, 0.4) is 0 Å². The highest BCUT2D eigenvalue weighted by molar-refractivity contribution is 6.25. The Morgan fingerprint density at radius 2 is 1.76 bits per heavy atom. The van der Waals surface area contributed by atoms with E-state index in [0.29, 0.717) is 35.4 Å². The van der Waals surface area contributed by atoms with Gasteiger partial charge in [0, 0.05) is 46.9 Å². The van der Waals surface area contributed by atoms with Crippen LogP contribution in [0.25, 0.3) is 0 Å². The molecule has 1 aromatic rings. The molecule has 2 rings (SSSR count). The van der Waals surface area contributed by atoms with Crippen molar-refractivity contribution in [1.82, 2.24) is 20.3 Å². The Morgan fingerprint density at radius 3 is 2.36 bits per heavy atom. The van der Waals surface area contributed by atoms with E-state index in [1.54, 1.807) is 37.8 Å². The second-order valence-electron chi connectivity index (χ2n) is 6.98. The van der Waals surface area contributed by atoms with Crippen LogP contribution in [-0.2, 0) is 20.9 Å². The van der Waals surface area contributed by atoms with Crippen LogP contribution in [0.15, 0.2) is 34.7 Å². The molecule has 7 heteroatoms. The lowest BCUT2D eigenvalue weighted by molar-refractivity contribution is -0.123. The number of carbonyl (C=O) groups excluding carboxylic acids is 3. The van der Waals surface area contributed by atoms with Gasteiger partial charge in [-0.1, -0.05) is 19.1 Å². The summed E-state index contributed by atoms with van der Waals surface area (Å²) in [5, 5.41) is 10.3. The van der Waals surface area contributed by atoms with Gasteiger partial charge in [0.25, 0.3) is 0 Å². The van der Waals surface area contributed by atoms with E-state index in [4.69, 9.17) is 0 Å². The third-order valence-electron chi connectivity index (χ3n) is 4.60. The van der Waals surface area contributed by atoms with E-state index in [-0.39, 0.29) is 23.9 Å². The number of Topliss-reactive ketones (excluding diaryl/α,β-unsaturated/α-hetero) is 2. The predicted molar refractivity (Wildman–Crippen MR) is 92.5 cm³/mol. The quantitative estimate of drug-likeness (QED) is 0.791. The van der Waals surface area contributed by atoms with Gasteiger partial charge in [-0.15, -0.1) is 5.10 Å². The van der Waals surface area contributed by atoms with E-state index in [2.05, 4.69) is 15.6 Å². The van der Waals surface area contributed by atoms with E-state index < -0.39 is 5.41 Å². The van der Waals surface area contributed by atoms with E-state index in [9.17, 15) is 14.4 Å². The molecule has 0 aromatic carbocycles. The maximum Gasteiger partial charge on any atom is 0.220 e. The molecule has 25 heavy (non-hydrogen) atoms. The molecular weight excluding hydrogens is 320 g/mol. The lowest BCUT2D eigenvalue weighted by Gasteiger charge is -2.31. The minimum atomic E-state index is -0.726. The van der Waals surface area contributed by atoms with Gasteiger partial charge >= 0.3 is 0 Å². The number of rotatable bonds is 6. The minimum Gasteiger partial charge on any atom is -0.354 e. The third kappa shape index (κ3) is 3.92. The van der Waals surface area contributed by atoms with Gasteiger partial charge in [-0.3, -0.25) is 19.1 Å². The maximum absolute atomic E-state index is 12.7. The Morgan fingerprint density at radius 1 is 1.12 bits per heavy atom. The van der Waals surface area contributed by atoms with E-state index in [1.807, 2.05) is 13.8 Å². The largest absolute Gasteiger partial charge is 0.354 e. The molecule has 0 bridgehead atoms. The van der Waals surface area contributed by atoms with Crippen molar-refractivity contribution in [3.8, 4) is 0 Å². The second-order valence-corrected chi connectivity index (χ2v) is 6.98. The van der Waals surface area contributed by atoms with Crippen molar-refractivity contribution in [2.24, 2.45) is 5.41 Å². The molecule has 1 amide bonds. The van der Waals surface area contributed by atoms with Crippen LogP contribution in [0.1, 0.15) is 41.0 Å². The Hall–Kier alpha value is -2.57. The normalized spacial score (nSPS) is 15.9. The number of aromatic nitrogens is 3. The summed E-state index contributed by atoms with van der Waals surface area (Å²) in [5.74, 6) is -0.434. The van der Waals surface area contributed by atoms with Crippen molar-refractivity contribution < 1.29 is 14.4 Å². The van der Waals surface area contributed by atoms with Crippen molar-refractivity contribution >= 4 is 17.5 Å². The second kappa shape index (κ2) is 7.13. The van der Waals surface area contributed by atoms with Crippen molar-refractivity contribution in [2.45, 2.75) is 47.6 Å². The third-order valence-corrected chi connectivity index (χ3v) is 4.60. The number of nitrogens with one attached hydrogen (secondary N) is 1. The average molecular weight is 344 g/mol. The lowest BCUT2D eigenvalue weighted by Crippen LogP contribution is -2.36. The van der Waals surface area contributed by atoms with Crippen LogP contribution in [0.2, 0.25) is 0 Å². The summed E-state index contributed by atoms with van der Waals surface area (Å²) in [6, 6.07) is 0. The summed E-state index contributed by atoms with van der Waals surface area (Å²) in [7, 11) is 0. The van der Waals surface area contributed by atoms with Crippen LogP contribution in [0.5, 0.6) is 0 Å². The number of amides is 1. The number of allylic oxidation sites excluding steroid dienone is 4. The van der Waals surface area contributed by atoms with Crippen molar-refractivity contribution in [3.05, 3.63) is 34.7 Å². The number of nitrogens with zero attached hydrogens (tertiary/aromatic N) is 3. The summed E-state index contributed by atoms with van der Waals surface area (Å²) < 4.78 is 1.62. The zero-order valence-electron chi connectivity index (χ0n) is 15.3. The molecule has 0 spiro atoms. The average Bonchev–Trinajstić information content (AvgIpc) is 3.03. The van der Waals surface area contributed by atoms with Gasteiger partial charge in [0.15, 0.2) is 11.6 Å². The number of hydrogen-bond acceptors (Lipinski definition) is 5. The molecule has 1 aromatic heterocycles. The SMILES string of the molecule is CC1=C(C)C(=O)C(C(C)(C)CC(=O)NCCn2ccnn2)=C(C)C1=O. The molecule has 134 valence electrons. The molecule has 0 unspecified atom stereocenters. The van der Waals surface area contributed by atoms with E-state index in [0.717, 1.165) is 0 Å². The van der Waals surface area contributed by atoms with Crippen molar-refractivity contribution in [2.75, 3.05) is 6.54 Å². The first kappa shape index (κ1) is 18.8. The molecule has 0 saturated carbocycles. The fourth-order valence-corrected chi connectivity index (χ4v) is 3.12. The molecule has 0 fully saturated rings. The standard InChI is InChI=1S/C18H24N4O3/c1-11-12(2)17(25)15(13(3)16(11)24)18(4,5)10-14(23)19-6-8-22-9-7-20-21-22/h7,9H,6,8,10H2,1-5H3,(H,19,23). The Bertz CT molecular complexity index is 770.